The maximum absolute atomic E-state index is 8.21. The number of likely N-dealkylation sites (N-methyl/N-ethyl adjacent to an activating group) is 1. The molecule has 86 valence electrons. The van der Waals surface area contributed by atoms with E-state index in [0.717, 1.165) is 38.6 Å². The lowest BCUT2D eigenvalue weighted by Crippen LogP contribution is -2.49. The van der Waals surface area contributed by atoms with Gasteiger partial charge in [0.25, 0.3) is 0 Å². The molecule has 0 radical (unpaired) electrons. The summed E-state index contributed by atoms with van der Waals surface area (Å²) in [5.74, 6) is 1.52. The van der Waals surface area contributed by atoms with Crippen LogP contribution in [0.5, 0.6) is 0 Å². The van der Waals surface area contributed by atoms with Gasteiger partial charge in [0.2, 0.25) is 0 Å². The zero-order valence-electron chi connectivity index (χ0n) is 9.84. The van der Waals surface area contributed by atoms with Gasteiger partial charge in [-0.25, -0.2) is 0 Å². The molecule has 0 unspecified atom stereocenters. The zero-order valence-corrected chi connectivity index (χ0v) is 9.84. The van der Waals surface area contributed by atoms with E-state index in [1.165, 1.54) is 25.7 Å². The average Bonchev–Trinajstić information content (AvgIpc) is 2.82. The van der Waals surface area contributed by atoms with Gasteiger partial charge < -0.3 is 9.80 Å². The van der Waals surface area contributed by atoms with E-state index in [1.54, 1.807) is 0 Å². The Morgan fingerprint density at radius 2 is 1.73 bits per heavy atom. The second kappa shape index (κ2) is 4.97. The van der Waals surface area contributed by atoms with Gasteiger partial charge in [-0.2, -0.15) is 0 Å². The normalized spacial score (nSPS) is 24.7. The second-order valence-electron chi connectivity index (χ2n) is 4.79. The molecule has 1 aliphatic heterocycles. The fourth-order valence-corrected chi connectivity index (χ4v) is 2.76. The fraction of sp³-hybridized carbons (Fsp3) is 0.917. The lowest BCUT2D eigenvalue weighted by Gasteiger charge is -2.37. The average molecular weight is 209 g/mol. The summed E-state index contributed by atoms with van der Waals surface area (Å²) in [6.45, 7) is 7.81. The quantitative estimate of drug-likeness (QED) is 0.555. The molecule has 1 N–H and O–H groups in total. The van der Waals surface area contributed by atoms with Crippen LogP contribution in [-0.4, -0.2) is 48.4 Å². The molecular weight excluding hydrogens is 186 g/mol. The van der Waals surface area contributed by atoms with Gasteiger partial charge in [0, 0.05) is 32.1 Å². The molecule has 1 aliphatic carbocycles. The summed E-state index contributed by atoms with van der Waals surface area (Å²) in [5, 5.41) is 8.21. The minimum absolute atomic E-state index is 0.582. The highest BCUT2D eigenvalue weighted by Gasteiger charge is 2.25. The van der Waals surface area contributed by atoms with Crippen LogP contribution in [0.25, 0.3) is 0 Å². The number of nitrogens with one attached hydrogen (secondary N) is 1. The molecule has 0 spiro atoms. The van der Waals surface area contributed by atoms with Crippen LogP contribution in [0.1, 0.15) is 32.6 Å². The van der Waals surface area contributed by atoms with Crippen LogP contribution in [0.4, 0.5) is 0 Å². The first-order valence-electron chi connectivity index (χ1n) is 6.37. The van der Waals surface area contributed by atoms with Crippen molar-refractivity contribution in [3.05, 3.63) is 0 Å². The molecule has 0 amide bonds. The van der Waals surface area contributed by atoms with E-state index in [-0.39, 0.29) is 0 Å². The van der Waals surface area contributed by atoms with Crippen molar-refractivity contribution >= 4 is 5.84 Å². The van der Waals surface area contributed by atoms with Crippen molar-refractivity contribution in [2.24, 2.45) is 5.92 Å². The van der Waals surface area contributed by atoms with Crippen molar-refractivity contribution < 1.29 is 0 Å². The smallest absolute Gasteiger partial charge is 0.0990 e. The summed E-state index contributed by atoms with van der Waals surface area (Å²) in [4.78, 5) is 4.78. The monoisotopic (exact) mass is 209 g/mol. The summed E-state index contributed by atoms with van der Waals surface area (Å²) in [7, 11) is 0. The van der Waals surface area contributed by atoms with Gasteiger partial charge in [-0.15, -0.1) is 0 Å². The van der Waals surface area contributed by atoms with Crippen molar-refractivity contribution in [2.75, 3.05) is 32.7 Å². The Hall–Kier alpha value is -0.570. The predicted molar refractivity (Wildman–Crippen MR) is 63.4 cm³/mol. The van der Waals surface area contributed by atoms with E-state index in [9.17, 15) is 0 Å². The summed E-state index contributed by atoms with van der Waals surface area (Å²) in [6, 6.07) is 0. The first kappa shape index (κ1) is 10.9. The van der Waals surface area contributed by atoms with Crippen LogP contribution >= 0.6 is 0 Å². The van der Waals surface area contributed by atoms with E-state index >= 15 is 0 Å². The first-order chi connectivity index (χ1) is 7.31. The minimum atomic E-state index is 0.582. The molecule has 2 fully saturated rings. The maximum Gasteiger partial charge on any atom is 0.0990 e. The van der Waals surface area contributed by atoms with Gasteiger partial charge in [0.15, 0.2) is 0 Å². The molecule has 0 aromatic heterocycles. The third-order valence-electron chi connectivity index (χ3n) is 3.90. The van der Waals surface area contributed by atoms with Gasteiger partial charge in [0.1, 0.15) is 0 Å². The topological polar surface area (TPSA) is 30.3 Å². The van der Waals surface area contributed by atoms with Crippen molar-refractivity contribution in [1.29, 1.82) is 5.41 Å². The Balaban J connectivity index is 1.81. The van der Waals surface area contributed by atoms with Crippen LogP contribution < -0.4 is 0 Å². The number of hydrogen-bond acceptors (Lipinski definition) is 2. The standard InChI is InChI=1S/C12H23N3/c1-2-14-7-9-15(10-8-14)12(13)11-5-3-4-6-11/h11,13H,2-10H2,1H3. The molecule has 2 rings (SSSR count). The molecule has 0 atom stereocenters. The number of amidine groups is 1. The van der Waals surface area contributed by atoms with Crippen molar-refractivity contribution in [2.45, 2.75) is 32.6 Å². The molecule has 0 aromatic carbocycles. The third kappa shape index (κ3) is 2.51. The van der Waals surface area contributed by atoms with Gasteiger partial charge in [0.05, 0.1) is 5.84 Å². The molecule has 15 heavy (non-hydrogen) atoms. The maximum atomic E-state index is 8.21. The van der Waals surface area contributed by atoms with Crippen molar-refractivity contribution in [3.8, 4) is 0 Å². The Morgan fingerprint density at radius 3 is 2.27 bits per heavy atom. The van der Waals surface area contributed by atoms with E-state index in [0.29, 0.717) is 5.92 Å². The lowest BCUT2D eigenvalue weighted by atomic mass is 10.1. The van der Waals surface area contributed by atoms with Gasteiger partial charge in [-0.1, -0.05) is 19.8 Å². The fourth-order valence-electron chi connectivity index (χ4n) is 2.76. The van der Waals surface area contributed by atoms with E-state index in [1.807, 2.05) is 0 Å². The van der Waals surface area contributed by atoms with Crippen LogP contribution in [-0.2, 0) is 0 Å². The molecule has 0 aromatic rings. The molecular formula is C12H23N3. The molecule has 0 bridgehead atoms. The molecule has 3 heteroatoms. The van der Waals surface area contributed by atoms with Gasteiger partial charge >= 0.3 is 0 Å². The summed E-state index contributed by atoms with van der Waals surface area (Å²) < 4.78 is 0. The lowest BCUT2D eigenvalue weighted by molar-refractivity contribution is 0.184. The highest BCUT2D eigenvalue weighted by atomic mass is 15.3. The highest BCUT2D eigenvalue weighted by Crippen LogP contribution is 2.27. The Bertz CT molecular complexity index is 213. The predicted octanol–water partition coefficient (Wildman–Crippen LogP) is 1.79. The molecule has 2 aliphatic rings. The number of rotatable bonds is 2. The summed E-state index contributed by atoms with van der Waals surface area (Å²) in [5.41, 5.74) is 0. The number of nitrogens with zero attached hydrogens (tertiary/aromatic N) is 2. The van der Waals surface area contributed by atoms with Gasteiger partial charge in [-0.3, -0.25) is 5.41 Å². The third-order valence-corrected chi connectivity index (χ3v) is 3.90. The molecule has 3 nitrogen and oxygen atoms in total. The van der Waals surface area contributed by atoms with Crippen molar-refractivity contribution in [3.63, 3.8) is 0 Å². The van der Waals surface area contributed by atoms with E-state index < -0.39 is 0 Å². The number of hydrogen-bond donors (Lipinski definition) is 1. The Kier molecular flexibility index (Phi) is 3.62. The Labute approximate surface area is 92.9 Å². The van der Waals surface area contributed by atoms with Crippen molar-refractivity contribution in [1.82, 2.24) is 9.80 Å². The highest BCUT2D eigenvalue weighted by molar-refractivity contribution is 5.82. The van der Waals surface area contributed by atoms with E-state index in [2.05, 4.69) is 16.7 Å². The molecule has 1 saturated heterocycles. The Morgan fingerprint density at radius 1 is 1.13 bits per heavy atom. The zero-order chi connectivity index (χ0) is 10.7. The molecule has 1 saturated carbocycles. The summed E-state index contributed by atoms with van der Waals surface area (Å²) in [6.07, 6.45) is 5.18. The SMILES string of the molecule is CCN1CCN(C(=N)C2CCCC2)CC1. The second-order valence-corrected chi connectivity index (χ2v) is 4.79. The van der Waals surface area contributed by atoms with E-state index in [4.69, 9.17) is 5.41 Å². The summed E-state index contributed by atoms with van der Waals surface area (Å²) >= 11 is 0. The number of piperazine rings is 1. The van der Waals surface area contributed by atoms with Gasteiger partial charge in [-0.05, 0) is 19.4 Å². The van der Waals surface area contributed by atoms with Crippen LogP contribution in [0.3, 0.4) is 0 Å². The van der Waals surface area contributed by atoms with Crippen LogP contribution in [0.2, 0.25) is 0 Å². The van der Waals surface area contributed by atoms with Crippen LogP contribution in [0, 0.1) is 11.3 Å². The largest absolute Gasteiger partial charge is 0.358 e. The molecule has 1 heterocycles. The first-order valence-corrected chi connectivity index (χ1v) is 6.37. The minimum Gasteiger partial charge on any atom is -0.358 e. The van der Waals surface area contributed by atoms with Crippen LogP contribution in [0.15, 0.2) is 0 Å².